The number of hydrogen-bond donors (Lipinski definition) is 2. The van der Waals surface area contributed by atoms with Gasteiger partial charge in [0, 0.05) is 18.7 Å². The van der Waals surface area contributed by atoms with E-state index in [9.17, 15) is 23.2 Å². The zero-order valence-electron chi connectivity index (χ0n) is 14.5. The first-order valence-corrected chi connectivity index (χ1v) is 10.4. The lowest BCUT2D eigenvalue weighted by Crippen LogP contribution is -2.58. The van der Waals surface area contributed by atoms with Crippen molar-refractivity contribution in [3.05, 3.63) is 18.2 Å². The molecule has 2 aromatic rings. The first kappa shape index (κ1) is 19.1. The second-order valence-corrected chi connectivity index (χ2v) is 9.00. The largest absolute Gasteiger partial charge is 0.355 e. The monoisotopic (exact) mass is 426 g/mol. The lowest BCUT2D eigenvalue weighted by atomic mass is 10.1. The molecule has 1 aromatic carbocycles. The maximum absolute atomic E-state index is 12.8. The lowest BCUT2D eigenvalue weighted by molar-refractivity contribution is -0.163. The summed E-state index contributed by atoms with van der Waals surface area (Å²) in [5, 5.41) is 5.43. The molecular weight excluding hydrogens is 410 g/mol. The number of nitrogens with one attached hydrogen (secondary N) is 2. The standard InChI is InChI=1S/C17H16F2N4O3S2/c18-17(19)7-23(8-17)14(25)6-27-16-22-11-2-1-10(4-12(11)28-16)21-15(26)9-3-13(24)20-5-9/h1-2,4,9H,3,5-8H2,(H,20,24)(H,21,26). The smallest absolute Gasteiger partial charge is 0.282 e. The van der Waals surface area contributed by atoms with Crippen molar-refractivity contribution in [2.45, 2.75) is 16.7 Å². The van der Waals surface area contributed by atoms with E-state index in [1.54, 1.807) is 18.2 Å². The van der Waals surface area contributed by atoms with Gasteiger partial charge in [-0.3, -0.25) is 14.4 Å². The minimum Gasteiger partial charge on any atom is -0.355 e. The molecule has 0 radical (unpaired) electrons. The molecule has 2 aliphatic rings. The minimum absolute atomic E-state index is 0.0577. The van der Waals surface area contributed by atoms with Gasteiger partial charge in [-0.25, -0.2) is 13.8 Å². The number of thioether (sulfide) groups is 1. The molecule has 0 aliphatic carbocycles. The zero-order valence-corrected chi connectivity index (χ0v) is 16.2. The SMILES string of the molecule is O=C1CC(C(=O)Nc2ccc3nc(SCC(=O)N4CC(F)(F)C4)sc3c2)CN1. The number of hydrogen-bond acceptors (Lipinski definition) is 6. The van der Waals surface area contributed by atoms with Crippen LogP contribution >= 0.6 is 23.1 Å². The van der Waals surface area contributed by atoms with Crippen LogP contribution in [0.2, 0.25) is 0 Å². The number of likely N-dealkylation sites (tertiary alicyclic amines) is 1. The van der Waals surface area contributed by atoms with Crippen LogP contribution in [0.1, 0.15) is 6.42 Å². The van der Waals surface area contributed by atoms with Crippen molar-refractivity contribution in [1.29, 1.82) is 0 Å². The van der Waals surface area contributed by atoms with E-state index >= 15 is 0 Å². The highest BCUT2D eigenvalue weighted by Crippen LogP contribution is 2.33. The number of aromatic nitrogens is 1. The van der Waals surface area contributed by atoms with Gasteiger partial charge < -0.3 is 15.5 Å². The average Bonchev–Trinajstić information content (AvgIpc) is 3.23. The van der Waals surface area contributed by atoms with Gasteiger partial charge in [0.05, 0.1) is 35.0 Å². The number of halogens is 2. The third kappa shape index (κ3) is 4.09. The third-order valence-electron chi connectivity index (χ3n) is 4.50. The van der Waals surface area contributed by atoms with Gasteiger partial charge in [-0.15, -0.1) is 11.3 Å². The van der Waals surface area contributed by atoms with Crippen LogP contribution in [-0.2, 0) is 14.4 Å². The van der Waals surface area contributed by atoms with Gasteiger partial charge >= 0.3 is 0 Å². The Labute approximate surface area is 166 Å². The molecule has 3 amide bonds. The van der Waals surface area contributed by atoms with Crippen molar-refractivity contribution in [3.8, 4) is 0 Å². The first-order chi connectivity index (χ1) is 13.3. The fourth-order valence-electron chi connectivity index (χ4n) is 2.98. The van der Waals surface area contributed by atoms with Crippen molar-refractivity contribution < 1.29 is 23.2 Å². The molecule has 2 aliphatic heterocycles. The number of carbonyl (C=O) groups is 3. The quantitative estimate of drug-likeness (QED) is 0.713. The van der Waals surface area contributed by atoms with Crippen molar-refractivity contribution in [2.24, 2.45) is 5.92 Å². The van der Waals surface area contributed by atoms with Gasteiger partial charge in [0.15, 0.2) is 4.34 Å². The number of anilines is 1. The van der Waals surface area contributed by atoms with E-state index in [0.29, 0.717) is 16.6 Å². The number of alkyl halides is 2. The van der Waals surface area contributed by atoms with Gasteiger partial charge in [-0.1, -0.05) is 11.8 Å². The van der Waals surface area contributed by atoms with Gasteiger partial charge in [-0.05, 0) is 18.2 Å². The van der Waals surface area contributed by atoms with E-state index in [1.807, 2.05) is 0 Å². The highest BCUT2D eigenvalue weighted by molar-refractivity contribution is 8.01. The van der Waals surface area contributed by atoms with E-state index in [1.165, 1.54) is 23.1 Å². The summed E-state index contributed by atoms with van der Waals surface area (Å²) in [6.07, 6.45) is 0.187. The number of fused-ring (bicyclic) bond motifs is 1. The fourth-order valence-corrected chi connectivity index (χ4v) is 4.99. The molecule has 7 nitrogen and oxygen atoms in total. The summed E-state index contributed by atoms with van der Waals surface area (Å²) >= 11 is 2.58. The Morgan fingerprint density at radius 2 is 2.18 bits per heavy atom. The van der Waals surface area contributed by atoms with E-state index in [4.69, 9.17) is 0 Å². The highest BCUT2D eigenvalue weighted by Gasteiger charge is 2.45. The van der Waals surface area contributed by atoms with Crippen molar-refractivity contribution in [1.82, 2.24) is 15.2 Å². The van der Waals surface area contributed by atoms with Crippen LogP contribution in [0.3, 0.4) is 0 Å². The molecule has 1 aromatic heterocycles. The minimum atomic E-state index is -2.77. The average molecular weight is 426 g/mol. The molecule has 148 valence electrons. The highest BCUT2D eigenvalue weighted by atomic mass is 32.2. The van der Waals surface area contributed by atoms with Crippen LogP contribution in [0, 0.1) is 5.92 Å². The predicted molar refractivity (Wildman–Crippen MR) is 102 cm³/mol. The molecule has 3 heterocycles. The predicted octanol–water partition coefficient (Wildman–Crippen LogP) is 1.94. The molecule has 0 spiro atoms. The second kappa shape index (κ2) is 7.28. The van der Waals surface area contributed by atoms with Crippen LogP contribution in [-0.4, -0.2) is 58.9 Å². The molecular formula is C17H16F2N4O3S2. The van der Waals surface area contributed by atoms with E-state index in [0.717, 1.165) is 15.1 Å². The number of thiazole rings is 1. The fraction of sp³-hybridized carbons (Fsp3) is 0.412. The van der Waals surface area contributed by atoms with E-state index < -0.39 is 19.0 Å². The summed E-state index contributed by atoms with van der Waals surface area (Å²) in [6.45, 7) is -0.694. The number of rotatable bonds is 5. The lowest BCUT2D eigenvalue weighted by Gasteiger charge is -2.38. The molecule has 0 saturated carbocycles. The van der Waals surface area contributed by atoms with E-state index in [-0.39, 0.29) is 35.8 Å². The van der Waals surface area contributed by atoms with Crippen molar-refractivity contribution in [3.63, 3.8) is 0 Å². The topological polar surface area (TPSA) is 91.4 Å². The normalized spacial score (nSPS) is 20.7. The number of amides is 3. The maximum Gasteiger partial charge on any atom is 0.282 e. The van der Waals surface area contributed by atoms with Crippen molar-refractivity contribution in [2.75, 3.05) is 30.7 Å². The summed E-state index contributed by atoms with van der Waals surface area (Å²) in [4.78, 5) is 40.9. The first-order valence-electron chi connectivity index (χ1n) is 8.56. The van der Waals surface area contributed by atoms with Crippen molar-refractivity contribution >= 4 is 56.7 Å². The summed E-state index contributed by atoms with van der Waals surface area (Å²) in [6, 6.07) is 5.28. The number of benzene rings is 1. The van der Waals surface area contributed by atoms with Crippen LogP contribution in [0.15, 0.2) is 22.5 Å². The second-order valence-electron chi connectivity index (χ2n) is 6.75. The molecule has 2 fully saturated rings. The Hall–Kier alpha value is -2.27. The molecule has 11 heteroatoms. The summed E-state index contributed by atoms with van der Waals surface area (Å²) in [5.74, 6) is -3.76. The Morgan fingerprint density at radius 3 is 2.86 bits per heavy atom. The Bertz CT molecular complexity index is 957. The number of nitrogens with zero attached hydrogens (tertiary/aromatic N) is 2. The van der Waals surface area contributed by atoms with Crippen LogP contribution in [0.25, 0.3) is 10.2 Å². The Kier molecular flexibility index (Phi) is 4.96. The third-order valence-corrected chi connectivity index (χ3v) is 6.65. The Balaban J connectivity index is 1.36. The van der Waals surface area contributed by atoms with Crippen LogP contribution < -0.4 is 10.6 Å². The van der Waals surface area contributed by atoms with E-state index in [2.05, 4.69) is 15.6 Å². The number of carbonyl (C=O) groups excluding carboxylic acids is 3. The summed E-state index contributed by atoms with van der Waals surface area (Å²) in [5.41, 5.74) is 1.34. The van der Waals surface area contributed by atoms with Crippen LogP contribution in [0.4, 0.5) is 14.5 Å². The summed E-state index contributed by atoms with van der Waals surface area (Å²) < 4.78 is 27.2. The molecule has 2 N–H and O–H groups in total. The zero-order chi connectivity index (χ0) is 19.9. The molecule has 2 saturated heterocycles. The molecule has 1 atom stereocenters. The van der Waals surface area contributed by atoms with Gasteiger partial charge in [0.1, 0.15) is 0 Å². The molecule has 28 heavy (non-hydrogen) atoms. The molecule has 1 unspecified atom stereocenters. The molecule has 4 rings (SSSR count). The van der Waals surface area contributed by atoms with Gasteiger partial charge in [0.25, 0.3) is 5.92 Å². The Morgan fingerprint density at radius 1 is 1.39 bits per heavy atom. The maximum atomic E-state index is 12.8. The van der Waals surface area contributed by atoms with Crippen LogP contribution in [0.5, 0.6) is 0 Å². The van der Waals surface area contributed by atoms with Gasteiger partial charge in [-0.2, -0.15) is 0 Å². The van der Waals surface area contributed by atoms with Gasteiger partial charge in [0.2, 0.25) is 17.7 Å². The summed E-state index contributed by atoms with van der Waals surface area (Å²) in [7, 11) is 0. The molecule has 0 bridgehead atoms.